The fourth-order valence-electron chi connectivity index (χ4n) is 2.27. The van der Waals surface area contributed by atoms with Gasteiger partial charge in [-0.15, -0.1) is 10.2 Å². The van der Waals surface area contributed by atoms with Crippen LogP contribution >= 0.6 is 0 Å². The smallest absolute Gasteiger partial charge is 0.228 e. The molecule has 0 atom stereocenters. The van der Waals surface area contributed by atoms with Gasteiger partial charge in [-0.2, -0.15) is 0 Å². The van der Waals surface area contributed by atoms with Crippen molar-refractivity contribution in [2.24, 2.45) is 0 Å². The van der Waals surface area contributed by atoms with Crippen molar-refractivity contribution in [2.75, 3.05) is 5.32 Å². The lowest BCUT2D eigenvalue weighted by Gasteiger charge is -2.09. The number of benzene rings is 2. The summed E-state index contributed by atoms with van der Waals surface area (Å²) in [6.07, 6.45) is 1.81. The van der Waals surface area contributed by atoms with Crippen molar-refractivity contribution in [3.05, 3.63) is 72.1 Å². The summed E-state index contributed by atoms with van der Waals surface area (Å²) in [6, 6.07) is 13.3. The van der Waals surface area contributed by atoms with E-state index in [0.29, 0.717) is 5.69 Å². The zero-order chi connectivity index (χ0) is 16.2. The number of hydrogen-bond donors (Lipinski definition) is 1. The maximum absolute atomic E-state index is 12.9. The molecular weight excluding hydrogens is 295 g/mol. The maximum Gasteiger partial charge on any atom is 0.228 e. The largest absolute Gasteiger partial charge is 0.326 e. The van der Waals surface area contributed by atoms with E-state index in [9.17, 15) is 9.18 Å². The molecule has 1 N–H and O–H groups in total. The normalized spacial score (nSPS) is 10.5. The monoisotopic (exact) mass is 310 g/mol. The van der Waals surface area contributed by atoms with Crippen LogP contribution in [0.1, 0.15) is 11.4 Å². The van der Waals surface area contributed by atoms with Gasteiger partial charge in [-0.05, 0) is 42.8 Å². The summed E-state index contributed by atoms with van der Waals surface area (Å²) in [7, 11) is 0. The highest BCUT2D eigenvalue weighted by molar-refractivity contribution is 5.92. The quantitative estimate of drug-likeness (QED) is 0.806. The van der Waals surface area contributed by atoms with Gasteiger partial charge in [0.05, 0.1) is 12.1 Å². The Morgan fingerprint density at radius 2 is 2.00 bits per heavy atom. The molecule has 6 heteroatoms. The van der Waals surface area contributed by atoms with E-state index in [1.54, 1.807) is 18.5 Å². The Bertz CT molecular complexity index is 827. The fourth-order valence-corrected chi connectivity index (χ4v) is 2.27. The van der Waals surface area contributed by atoms with Gasteiger partial charge in [-0.25, -0.2) is 4.39 Å². The number of carbonyl (C=O) groups is 1. The molecule has 3 rings (SSSR count). The third kappa shape index (κ3) is 3.60. The van der Waals surface area contributed by atoms with Crippen molar-refractivity contribution < 1.29 is 9.18 Å². The molecule has 0 unspecified atom stereocenters. The van der Waals surface area contributed by atoms with Gasteiger partial charge in [0.1, 0.15) is 18.0 Å². The first-order valence-corrected chi connectivity index (χ1v) is 7.13. The van der Waals surface area contributed by atoms with Gasteiger partial charge in [0.15, 0.2) is 0 Å². The molecule has 0 bridgehead atoms. The molecule has 1 aromatic heterocycles. The molecule has 0 aliphatic rings. The van der Waals surface area contributed by atoms with Gasteiger partial charge in [0, 0.05) is 5.69 Å². The third-order valence-electron chi connectivity index (χ3n) is 3.40. The van der Waals surface area contributed by atoms with Gasteiger partial charge < -0.3 is 5.32 Å². The van der Waals surface area contributed by atoms with Gasteiger partial charge >= 0.3 is 0 Å². The zero-order valence-corrected chi connectivity index (χ0v) is 12.5. The van der Waals surface area contributed by atoms with Crippen molar-refractivity contribution in [2.45, 2.75) is 13.3 Å². The van der Waals surface area contributed by atoms with E-state index in [0.717, 1.165) is 17.1 Å². The van der Waals surface area contributed by atoms with E-state index in [1.807, 2.05) is 35.8 Å². The number of halogens is 1. The summed E-state index contributed by atoms with van der Waals surface area (Å²) < 4.78 is 14.7. The molecule has 3 aromatic rings. The number of nitrogens with one attached hydrogen (secondary N) is 1. The van der Waals surface area contributed by atoms with Crippen LogP contribution in [-0.2, 0) is 11.2 Å². The Kier molecular flexibility index (Phi) is 4.14. The number of hydrogen-bond acceptors (Lipinski definition) is 3. The van der Waals surface area contributed by atoms with Crippen LogP contribution < -0.4 is 5.32 Å². The van der Waals surface area contributed by atoms with E-state index in [4.69, 9.17) is 0 Å². The third-order valence-corrected chi connectivity index (χ3v) is 3.40. The Morgan fingerprint density at radius 1 is 1.22 bits per heavy atom. The number of nitrogens with zero attached hydrogens (tertiary/aromatic N) is 3. The lowest BCUT2D eigenvalue weighted by Crippen LogP contribution is -2.14. The molecule has 5 nitrogen and oxygen atoms in total. The predicted octanol–water partition coefficient (Wildman–Crippen LogP) is 2.90. The van der Waals surface area contributed by atoms with Crippen molar-refractivity contribution in [3.8, 4) is 5.69 Å². The van der Waals surface area contributed by atoms with Crippen LogP contribution in [0, 0.1) is 12.7 Å². The number of carbonyl (C=O) groups excluding carboxylic acids is 1. The molecule has 0 saturated carbocycles. The SMILES string of the molecule is Cc1nncn1-c1cccc(NC(=O)Cc2ccc(F)cc2)c1. The average Bonchev–Trinajstić information content (AvgIpc) is 2.96. The lowest BCUT2D eigenvalue weighted by atomic mass is 10.1. The summed E-state index contributed by atoms with van der Waals surface area (Å²) >= 11 is 0. The van der Waals surface area contributed by atoms with Crippen molar-refractivity contribution in [3.63, 3.8) is 0 Å². The molecule has 0 fully saturated rings. The molecule has 116 valence electrons. The van der Waals surface area contributed by atoms with Crippen LogP contribution in [0.3, 0.4) is 0 Å². The van der Waals surface area contributed by atoms with E-state index in [1.165, 1.54) is 12.1 Å². The standard InChI is InChI=1S/C17H15FN4O/c1-12-21-19-11-22(12)16-4-2-3-15(10-16)20-17(23)9-13-5-7-14(18)8-6-13/h2-8,10-11H,9H2,1H3,(H,20,23). The lowest BCUT2D eigenvalue weighted by molar-refractivity contribution is -0.115. The van der Waals surface area contributed by atoms with E-state index >= 15 is 0 Å². The highest BCUT2D eigenvalue weighted by Gasteiger charge is 2.07. The number of amides is 1. The molecule has 0 saturated heterocycles. The van der Waals surface area contributed by atoms with E-state index < -0.39 is 0 Å². The van der Waals surface area contributed by atoms with Gasteiger partial charge in [-0.3, -0.25) is 9.36 Å². The van der Waals surface area contributed by atoms with Crippen molar-refractivity contribution in [1.82, 2.24) is 14.8 Å². The Hall–Kier alpha value is -3.02. The van der Waals surface area contributed by atoms with Crippen molar-refractivity contribution in [1.29, 1.82) is 0 Å². The Balaban J connectivity index is 1.71. The zero-order valence-electron chi connectivity index (χ0n) is 12.5. The molecule has 0 radical (unpaired) electrons. The topological polar surface area (TPSA) is 59.8 Å². The van der Waals surface area contributed by atoms with Crippen LogP contribution in [-0.4, -0.2) is 20.7 Å². The Labute approximate surface area is 132 Å². The summed E-state index contributed by atoms with van der Waals surface area (Å²) in [5, 5.41) is 10.6. The minimum absolute atomic E-state index is 0.158. The van der Waals surface area contributed by atoms with Crippen LogP contribution in [0.2, 0.25) is 0 Å². The van der Waals surface area contributed by atoms with Crippen molar-refractivity contribution >= 4 is 11.6 Å². The molecular formula is C17H15FN4O. The molecule has 23 heavy (non-hydrogen) atoms. The summed E-state index contributed by atoms with van der Waals surface area (Å²) in [5.41, 5.74) is 2.31. The predicted molar refractivity (Wildman–Crippen MR) is 84.8 cm³/mol. The van der Waals surface area contributed by atoms with Crippen LogP contribution in [0.15, 0.2) is 54.9 Å². The first-order valence-electron chi connectivity index (χ1n) is 7.13. The second-order valence-corrected chi connectivity index (χ2v) is 5.15. The minimum atomic E-state index is -0.314. The average molecular weight is 310 g/mol. The fraction of sp³-hybridized carbons (Fsp3) is 0.118. The molecule has 1 amide bonds. The molecule has 0 spiro atoms. The molecule has 1 heterocycles. The van der Waals surface area contributed by atoms with Gasteiger partial charge in [-0.1, -0.05) is 18.2 Å². The molecule has 0 aliphatic heterocycles. The second kappa shape index (κ2) is 6.39. The van der Waals surface area contributed by atoms with Crippen LogP contribution in [0.25, 0.3) is 5.69 Å². The van der Waals surface area contributed by atoms with Gasteiger partial charge in [0.2, 0.25) is 5.91 Å². The highest BCUT2D eigenvalue weighted by Crippen LogP contribution is 2.16. The van der Waals surface area contributed by atoms with Crippen LogP contribution in [0.5, 0.6) is 0 Å². The molecule has 2 aromatic carbocycles. The second-order valence-electron chi connectivity index (χ2n) is 5.15. The number of aryl methyl sites for hydroxylation is 1. The first kappa shape index (κ1) is 14.9. The first-order chi connectivity index (χ1) is 11.1. The van der Waals surface area contributed by atoms with Gasteiger partial charge in [0.25, 0.3) is 0 Å². The highest BCUT2D eigenvalue weighted by atomic mass is 19.1. The maximum atomic E-state index is 12.9. The summed E-state index contributed by atoms with van der Waals surface area (Å²) in [6.45, 7) is 1.85. The van der Waals surface area contributed by atoms with E-state index in [-0.39, 0.29) is 18.1 Å². The number of rotatable bonds is 4. The van der Waals surface area contributed by atoms with E-state index in [2.05, 4.69) is 15.5 Å². The summed E-state index contributed by atoms with van der Waals surface area (Å²) in [5.74, 6) is 0.292. The summed E-state index contributed by atoms with van der Waals surface area (Å²) in [4.78, 5) is 12.1. The Morgan fingerprint density at radius 3 is 2.70 bits per heavy atom. The number of aromatic nitrogens is 3. The van der Waals surface area contributed by atoms with Crippen LogP contribution in [0.4, 0.5) is 10.1 Å². The molecule has 0 aliphatic carbocycles. The minimum Gasteiger partial charge on any atom is -0.326 e. The number of anilines is 1.